The molecule has 1 aromatic carbocycles. The van der Waals surface area contributed by atoms with Gasteiger partial charge in [-0.25, -0.2) is 0 Å². The van der Waals surface area contributed by atoms with E-state index in [9.17, 15) is 4.79 Å². The van der Waals surface area contributed by atoms with Gasteiger partial charge in [0.25, 0.3) is 0 Å². The van der Waals surface area contributed by atoms with E-state index in [4.69, 9.17) is 9.84 Å². The fourth-order valence-electron chi connectivity index (χ4n) is 1.43. The van der Waals surface area contributed by atoms with Crippen LogP contribution in [0, 0.1) is 0 Å². The van der Waals surface area contributed by atoms with Gasteiger partial charge in [-0.15, -0.1) is 0 Å². The second-order valence-electron chi connectivity index (χ2n) is 3.47. The van der Waals surface area contributed by atoms with Crippen molar-refractivity contribution in [3.8, 4) is 5.88 Å². The Labute approximate surface area is 98.7 Å². The third kappa shape index (κ3) is 2.81. The largest absolute Gasteiger partial charge is 0.602 e. The zero-order valence-electron chi connectivity index (χ0n) is 9.11. The Morgan fingerprint density at radius 3 is 2.53 bits per heavy atom. The van der Waals surface area contributed by atoms with Crippen molar-refractivity contribution in [3.05, 3.63) is 60.3 Å². The Hall–Kier alpha value is -2.36. The number of hydrogen-bond acceptors (Lipinski definition) is 2. The van der Waals surface area contributed by atoms with E-state index in [-0.39, 0.29) is 0 Å². The van der Waals surface area contributed by atoms with Crippen LogP contribution < -0.4 is 9.30 Å². The van der Waals surface area contributed by atoms with E-state index in [0.29, 0.717) is 12.5 Å². The first-order chi connectivity index (χ1) is 8.27. The quantitative estimate of drug-likeness (QED) is 0.821. The Balaban J connectivity index is 2.12. The normalized spacial score (nSPS) is 9.88. The molecule has 2 aromatic rings. The predicted octanol–water partition coefficient (Wildman–Crippen LogP) is 2.08. The zero-order valence-corrected chi connectivity index (χ0v) is 9.11. The summed E-state index contributed by atoms with van der Waals surface area (Å²) < 4.78 is 6.51. The second kappa shape index (κ2) is 5.12. The van der Waals surface area contributed by atoms with E-state index in [1.807, 2.05) is 30.3 Å². The van der Waals surface area contributed by atoms with Crippen LogP contribution in [0.5, 0.6) is 5.88 Å². The number of nitrogens with zero attached hydrogens (tertiary/aromatic N) is 1. The molecule has 0 fully saturated rings. The molecule has 0 unspecified atom stereocenters. The standard InChI is InChI=1S/C13H11NO3/c15-13(16)14-9-5-4-8-12(14)17-10-11-6-2-1-3-7-11/h1-9H,10H2/p+1. The van der Waals surface area contributed by atoms with Crippen molar-refractivity contribution in [1.82, 2.24) is 0 Å². The molecule has 0 saturated heterocycles. The van der Waals surface area contributed by atoms with Gasteiger partial charge in [0.05, 0.1) is 6.07 Å². The van der Waals surface area contributed by atoms with Crippen LogP contribution in [0.3, 0.4) is 0 Å². The van der Waals surface area contributed by atoms with Crippen LogP contribution in [0.15, 0.2) is 54.7 Å². The summed E-state index contributed by atoms with van der Waals surface area (Å²) in [5.41, 5.74) is 0.994. The Morgan fingerprint density at radius 1 is 1.12 bits per heavy atom. The van der Waals surface area contributed by atoms with Gasteiger partial charge in [-0.1, -0.05) is 34.9 Å². The van der Waals surface area contributed by atoms with Crippen molar-refractivity contribution in [2.24, 2.45) is 0 Å². The molecule has 2 rings (SSSR count). The van der Waals surface area contributed by atoms with Gasteiger partial charge in [-0.05, 0) is 11.6 Å². The van der Waals surface area contributed by atoms with Crippen molar-refractivity contribution in [1.29, 1.82) is 0 Å². The molecular formula is C13H12NO3+. The third-order valence-electron chi connectivity index (χ3n) is 2.26. The van der Waals surface area contributed by atoms with Gasteiger partial charge in [0, 0.05) is 6.07 Å². The van der Waals surface area contributed by atoms with Crippen LogP contribution in [0.2, 0.25) is 0 Å². The molecule has 0 spiro atoms. The molecule has 0 aliphatic heterocycles. The Morgan fingerprint density at radius 2 is 1.82 bits per heavy atom. The van der Waals surface area contributed by atoms with E-state index in [2.05, 4.69) is 0 Å². The minimum absolute atomic E-state index is 0.309. The summed E-state index contributed by atoms with van der Waals surface area (Å²) in [5.74, 6) is 0.309. The summed E-state index contributed by atoms with van der Waals surface area (Å²) in [5, 5.41) is 8.95. The van der Waals surface area contributed by atoms with E-state index in [1.165, 1.54) is 6.20 Å². The molecule has 1 N–H and O–H groups in total. The summed E-state index contributed by atoms with van der Waals surface area (Å²) >= 11 is 0. The van der Waals surface area contributed by atoms with Crippen LogP contribution in [-0.2, 0) is 6.61 Å². The maximum absolute atomic E-state index is 10.9. The molecule has 0 amide bonds. The number of rotatable bonds is 3. The maximum atomic E-state index is 10.9. The van der Waals surface area contributed by atoms with E-state index >= 15 is 0 Å². The summed E-state index contributed by atoms with van der Waals surface area (Å²) in [6.07, 6.45) is 0.386. The van der Waals surface area contributed by atoms with Crippen molar-refractivity contribution in [3.63, 3.8) is 0 Å². The molecule has 0 radical (unpaired) electrons. The first kappa shape index (κ1) is 11.1. The monoisotopic (exact) mass is 230 g/mol. The lowest BCUT2D eigenvalue weighted by Crippen LogP contribution is -2.42. The molecular weight excluding hydrogens is 218 g/mol. The van der Waals surface area contributed by atoms with Crippen molar-refractivity contribution >= 4 is 6.09 Å². The van der Waals surface area contributed by atoms with Gasteiger partial charge in [-0.2, -0.15) is 4.79 Å². The topological polar surface area (TPSA) is 50.4 Å². The number of benzene rings is 1. The Kier molecular flexibility index (Phi) is 3.35. The fourth-order valence-corrected chi connectivity index (χ4v) is 1.43. The lowest BCUT2D eigenvalue weighted by Gasteiger charge is -2.02. The Bertz CT molecular complexity index is 511. The van der Waals surface area contributed by atoms with E-state index < -0.39 is 6.09 Å². The second-order valence-corrected chi connectivity index (χ2v) is 3.47. The number of carboxylic acid groups (broad SMARTS) is 1. The molecule has 0 aliphatic carbocycles. The first-order valence-corrected chi connectivity index (χ1v) is 5.18. The highest BCUT2D eigenvalue weighted by Crippen LogP contribution is 2.06. The zero-order chi connectivity index (χ0) is 12.1. The number of pyridine rings is 1. The summed E-state index contributed by atoms with van der Waals surface area (Å²) in [6, 6.07) is 14.6. The van der Waals surface area contributed by atoms with Gasteiger partial charge in [0.2, 0.25) is 0 Å². The van der Waals surface area contributed by atoms with Gasteiger partial charge >= 0.3 is 12.0 Å². The summed E-state index contributed by atoms with van der Waals surface area (Å²) in [7, 11) is 0. The van der Waals surface area contributed by atoms with Gasteiger partial charge < -0.3 is 9.84 Å². The average molecular weight is 230 g/mol. The van der Waals surface area contributed by atoms with Gasteiger partial charge in [0.15, 0.2) is 6.20 Å². The van der Waals surface area contributed by atoms with Crippen LogP contribution in [0.4, 0.5) is 4.79 Å². The molecule has 0 atom stereocenters. The summed E-state index contributed by atoms with van der Waals surface area (Å²) in [6.45, 7) is 0.345. The average Bonchev–Trinajstić information content (AvgIpc) is 2.38. The van der Waals surface area contributed by atoms with Crippen LogP contribution in [0.1, 0.15) is 5.56 Å². The van der Waals surface area contributed by atoms with Crippen LogP contribution in [-0.4, -0.2) is 11.2 Å². The number of ether oxygens (including phenoxy) is 1. The first-order valence-electron chi connectivity index (χ1n) is 5.18. The molecule has 4 nitrogen and oxygen atoms in total. The lowest BCUT2D eigenvalue weighted by molar-refractivity contribution is -0.592. The van der Waals surface area contributed by atoms with Crippen molar-refractivity contribution < 1.29 is 19.2 Å². The number of aromatic nitrogens is 1. The minimum Gasteiger partial charge on any atom is -0.439 e. The molecule has 4 heteroatoms. The highest BCUT2D eigenvalue weighted by atomic mass is 16.5. The summed E-state index contributed by atoms with van der Waals surface area (Å²) in [4.78, 5) is 10.9. The van der Waals surface area contributed by atoms with E-state index in [0.717, 1.165) is 10.1 Å². The SMILES string of the molecule is O=C(O)[n+]1ccccc1OCc1ccccc1. The fraction of sp³-hybridized carbons (Fsp3) is 0.0769. The number of hydrogen-bond donors (Lipinski definition) is 1. The molecule has 0 bridgehead atoms. The molecule has 1 aromatic heterocycles. The third-order valence-corrected chi connectivity index (χ3v) is 2.26. The van der Waals surface area contributed by atoms with Crippen LogP contribution >= 0.6 is 0 Å². The maximum Gasteiger partial charge on any atom is 0.602 e. The van der Waals surface area contributed by atoms with Crippen LogP contribution in [0.25, 0.3) is 0 Å². The minimum atomic E-state index is -1.06. The smallest absolute Gasteiger partial charge is 0.439 e. The predicted molar refractivity (Wildman–Crippen MR) is 60.8 cm³/mol. The van der Waals surface area contributed by atoms with Crippen molar-refractivity contribution in [2.75, 3.05) is 0 Å². The lowest BCUT2D eigenvalue weighted by atomic mass is 10.2. The molecule has 0 aliphatic rings. The van der Waals surface area contributed by atoms with Crippen molar-refractivity contribution in [2.45, 2.75) is 6.61 Å². The van der Waals surface area contributed by atoms with Gasteiger partial charge in [-0.3, -0.25) is 0 Å². The highest BCUT2D eigenvalue weighted by Gasteiger charge is 2.18. The number of carbonyl (C=O) groups is 1. The van der Waals surface area contributed by atoms with E-state index in [1.54, 1.807) is 18.2 Å². The van der Waals surface area contributed by atoms with Gasteiger partial charge in [0.1, 0.15) is 6.61 Å². The molecule has 17 heavy (non-hydrogen) atoms. The molecule has 86 valence electrons. The molecule has 0 saturated carbocycles. The molecule has 1 heterocycles. The highest BCUT2D eigenvalue weighted by molar-refractivity contribution is 5.54.